The van der Waals surface area contributed by atoms with Gasteiger partial charge in [0.2, 0.25) is 5.75 Å². The molecule has 10 unspecified atom stereocenters. The van der Waals surface area contributed by atoms with Gasteiger partial charge in [0.1, 0.15) is 40.7 Å². The summed E-state index contributed by atoms with van der Waals surface area (Å²) in [6.07, 6.45) is 25.6. The molecular weight excluding hydrogens is 1140 g/mol. The Morgan fingerprint density at radius 3 is 2.53 bits per heavy atom. The number of carbonyl (C=O) groups excluding carboxylic acids is 3. The van der Waals surface area contributed by atoms with Crippen molar-refractivity contribution in [1.82, 2.24) is 14.9 Å². The SMILES string of the molecule is COc1cc(C2CC(=O)CC(OC(C)=O)CCC34Cc5c[nH]cc5C(C#CCC3=CC=CC4C)C(c3cccc(O)c3)C3=CCNC(=C3)N(CCC(C)=O)c3ccc4c5c(n2cc35)CC2(CCC3(CCC(CCCO)C3)C2)C4O)cc(O)c1Oc1cccc(O)c1. The van der Waals surface area contributed by atoms with Crippen molar-refractivity contribution in [1.29, 1.82) is 0 Å². The molecule has 15 nitrogen and oxygen atoms in total. The van der Waals surface area contributed by atoms with Crippen molar-refractivity contribution in [2.75, 3.05) is 31.7 Å². The maximum absolute atomic E-state index is 15.7. The third-order valence-electron chi connectivity index (χ3n) is 21.7. The summed E-state index contributed by atoms with van der Waals surface area (Å²) >= 11 is 0. The number of phenols is 3. The third-order valence-corrected chi connectivity index (χ3v) is 21.7. The number of phenolic OH excluding ortho intramolecular Hbond substituents is 3. The Morgan fingerprint density at radius 1 is 0.901 bits per heavy atom. The van der Waals surface area contributed by atoms with Gasteiger partial charge in [-0.15, -0.1) is 0 Å². The second kappa shape index (κ2) is 25.0. The first-order valence-corrected chi connectivity index (χ1v) is 32.7. The van der Waals surface area contributed by atoms with Crippen molar-refractivity contribution in [2.24, 2.45) is 28.1 Å². The van der Waals surface area contributed by atoms with E-state index in [0.29, 0.717) is 56.7 Å². The van der Waals surface area contributed by atoms with Crippen LogP contribution in [0, 0.1) is 39.9 Å². The molecular formula is C76H84N4O11. The topological polar surface area (TPSA) is 216 Å². The molecule has 7 aliphatic rings. The quantitative estimate of drug-likeness (QED) is 0.0449. The molecule has 5 aliphatic carbocycles. The Hall–Kier alpha value is -8.45. The normalized spacial score (nSPS) is 27.8. The molecule has 2 saturated carbocycles. The van der Waals surface area contributed by atoms with Crippen molar-refractivity contribution in [3.8, 4) is 46.3 Å². The standard InChI is InChI=1S/C76H84N4O11/c1-46-10-5-13-54-14-7-18-60-62-43-77-42-53(62)40-76(46,54)26-22-59(90-48(3)83)37-57(86)38-65(52-33-67(87)72(68(34-52)89-4)91-58-17-8-16-56(85)36-58)80-44-63-64(79(30-24-47(2)82)69-35-51(23-29-78-69)70(60)50-12-6-15-55(84)32-50)20-19-61-71(63)66(80)41-75(73(61)88)28-27-74(45-75)25-21-49(39-74)11-9-31-81/h5-6,8,10,12-13,15-17,19-20,23,32-36,42-44,46,49,59-60,65,70,73,77-78,81,84-85,87-88H,9,11,14,21-22,24-31,37-41,45H2,1-4H3. The molecule has 0 radical (unpaired) electrons. The second-order valence-electron chi connectivity index (χ2n) is 27.3. The number of Topliss-reactive ketones (excluding diaryl/α,β-unsaturated/α-hetero) is 2. The van der Waals surface area contributed by atoms with Crippen LogP contribution in [0.15, 0.2) is 139 Å². The lowest BCUT2D eigenvalue weighted by molar-refractivity contribution is -0.148. The number of nitrogens with one attached hydrogen (secondary N) is 2. The fourth-order valence-corrected chi connectivity index (χ4v) is 17.4. The minimum absolute atomic E-state index is 0.00662. The molecule has 13 rings (SSSR count). The average Bonchev–Trinajstić information content (AvgIpc) is 1.57. The number of ether oxygens (including phenoxy) is 3. The molecule has 7 N–H and O–H groups in total. The number of allylic oxidation sites excluding steroid dienone is 6. The minimum atomic E-state index is -0.834. The molecule has 91 heavy (non-hydrogen) atoms. The van der Waals surface area contributed by atoms with E-state index in [4.69, 9.17) is 14.2 Å². The first-order chi connectivity index (χ1) is 44.0. The number of fused-ring (bicyclic) bond motifs is 3. The van der Waals surface area contributed by atoms with Gasteiger partial charge in [0.15, 0.2) is 11.5 Å². The van der Waals surface area contributed by atoms with Crippen LogP contribution in [-0.4, -0.2) is 85.5 Å². The lowest BCUT2D eigenvalue weighted by atomic mass is 9.61. The first-order valence-electron chi connectivity index (χ1n) is 32.7. The van der Waals surface area contributed by atoms with Gasteiger partial charge in [-0.1, -0.05) is 72.9 Å². The van der Waals surface area contributed by atoms with Crippen molar-refractivity contribution < 1.29 is 54.1 Å². The number of ketones is 2. The van der Waals surface area contributed by atoms with E-state index in [1.807, 2.05) is 12.1 Å². The Labute approximate surface area is 532 Å². The molecule has 15 heteroatoms. The van der Waals surface area contributed by atoms with Crippen LogP contribution in [0.1, 0.15) is 168 Å². The number of carbonyl (C=O) groups is 3. The summed E-state index contributed by atoms with van der Waals surface area (Å²) in [7, 11) is 1.49. The van der Waals surface area contributed by atoms with Crippen molar-refractivity contribution in [2.45, 2.75) is 154 Å². The van der Waals surface area contributed by atoms with Gasteiger partial charge in [-0.2, -0.15) is 0 Å². The summed E-state index contributed by atoms with van der Waals surface area (Å²) in [6, 6.07) is 20.5. The lowest BCUT2D eigenvalue weighted by Gasteiger charge is -2.43. The highest BCUT2D eigenvalue weighted by Gasteiger charge is 2.56. The van der Waals surface area contributed by atoms with E-state index < -0.39 is 35.0 Å². The number of hydrogen-bond acceptors (Lipinski definition) is 13. The minimum Gasteiger partial charge on any atom is -0.508 e. The number of aromatic hydroxyl groups is 3. The highest BCUT2D eigenvalue weighted by atomic mass is 16.5. The highest BCUT2D eigenvalue weighted by Crippen LogP contribution is 2.66. The number of dihydropyridines is 1. The highest BCUT2D eigenvalue weighted by molar-refractivity contribution is 6.00. The zero-order valence-electron chi connectivity index (χ0n) is 52.6. The van der Waals surface area contributed by atoms with Crippen molar-refractivity contribution in [3.05, 3.63) is 172 Å². The maximum atomic E-state index is 15.7. The number of methoxy groups -OCH3 is 1. The van der Waals surface area contributed by atoms with E-state index in [0.717, 1.165) is 113 Å². The number of hydrogen-bond donors (Lipinski definition) is 7. The number of aliphatic hydroxyl groups excluding tert-OH is 2. The maximum Gasteiger partial charge on any atom is 0.302 e. The van der Waals surface area contributed by atoms with E-state index in [1.165, 1.54) is 26.2 Å². The van der Waals surface area contributed by atoms with Crippen LogP contribution < -0.4 is 19.7 Å². The zero-order valence-corrected chi connectivity index (χ0v) is 52.6. The number of H-pyrrole nitrogens is 1. The third kappa shape index (κ3) is 11.8. The monoisotopic (exact) mass is 1230 g/mol. The summed E-state index contributed by atoms with van der Waals surface area (Å²) in [5.41, 5.74) is 7.17. The van der Waals surface area contributed by atoms with E-state index in [9.17, 15) is 35.1 Å². The Balaban J connectivity index is 1.04. The molecule has 6 bridgehead atoms. The van der Waals surface area contributed by atoms with Gasteiger partial charge in [-0.25, -0.2) is 0 Å². The van der Waals surface area contributed by atoms with Crippen molar-refractivity contribution in [3.63, 3.8) is 0 Å². The molecule has 474 valence electrons. The molecule has 10 atom stereocenters. The summed E-state index contributed by atoms with van der Waals surface area (Å²) in [6.45, 7) is 6.13. The average molecular weight is 1230 g/mol. The Bertz CT molecular complexity index is 4020. The van der Waals surface area contributed by atoms with Crippen LogP contribution in [0.3, 0.4) is 0 Å². The van der Waals surface area contributed by atoms with Crippen molar-refractivity contribution >= 4 is 34.0 Å². The van der Waals surface area contributed by atoms with E-state index in [2.05, 4.69) is 106 Å². The van der Waals surface area contributed by atoms with Gasteiger partial charge in [0.05, 0.1) is 30.9 Å². The fourth-order valence-electron chi connectivity index (χ4n) is 17.4. The molecule has 4 heterocycles. The number of aromatic nitrogens is 2. The number of benzene rings is 4. The number of esters is 1. The molecule has 4 aromatic carbocycles. The number of anilines is 1. The predicted molar refractivity (Wildman–Crippen MR) is 349 cm³/mol. The number of nitrogens with zero attached hydrogens (tertiary/aromatic N) is 2. The molecule has 2 aromatic heterocycles. The van der Waals surface area contributed by atoms with Gasteiger partial charge in [0.25, 0.3) is 0 Å². The van der Waals surface area contributed by atoms with Gasteiger partial charge < -0.3 is 59.5 Å². The summed E-state index contributed by atoms with van der Waals surface area (Å²) in [4.78, 5) is 48.2. The molecule has 0 saturated heterocycles. The van der Waals surface area contributed by atoms with Gasteiger partial charge in [-0.3, -0.25) is 14.4 Å². The zero-order chi connectivity index (χ0) is 63.3. The smallest absolute Gasteiger partial charge is 0.302 e. The lowest BCUT2D eigenvalue weighted by Crippen LogP contribution is -2.37. The predicted octanol–water partition coefficient (Wildman–Crippen LogP) is 13.7. The number of aromatic amines is 1. The van der Waals surface area contributed by atoms with Crippen LogP contribution in [0.2, 0.25) is 0 Å². The largest absolute Gasteiger partial charge is 0.508 e. The molecule has 2 aliphatic heterocycles. The van der Waals surface area contributed by atoms with E-state index in [1.54, 1.807) is 37.3 Å². The van der Waals surface area contributed by atoms with Crippen LogP contribution in [0.4, 0.5) is 5.69 Å². The molecule has 3 spiro atoms. The van der Waals surface area contributed by atoms with Gasteiger partial charge >= 0.3 is 5.97 Å². The summed E-state index contributed by atoms with van der Waals surface area (Å²) in [5, 5.41) is 62.6. The van der Waals surface area contributed by atoms with E-state index >= 15 is 4.79 Å². The molecule has 0 amide bonds. The molecule has 2 fully saturated rings. The van der Waals surface area contributed by atoms with Crippen LogP contribution in [0.5, 0.6) is 34.5 Å². The van der Waals surface area contributed by atoms with E-state index in [-0.39, 0.29) is 95.1 Å². The number of rotatable bonds is 12. The Kier molecular flexibility index (Phi) is 16.9. The summed E-state index contributed by atoms with van der Waals surface area (Å²) in [5.74, 6) is 7.70. The molecule has 6 aromatic rings. The summed E-state index contributed by atoms with van der Waals surface area (Å²) < 4.78 is 20.8. The Morgan fingerprint density at radius 2 is 1.74 bits per heavy atom. The second-order valence-corrected chi connectivity index (χ2v) is 27.3. The van der Waals surface area contributed by atoms with Gasteiger partial charge in [0, 0.05) is 110 Å². The van der Waals surface area contributed by atoms with Crippen LogP contribution >= 0.6 is 0 Å². The van der Waals surface area contributed by atoms with Crippen LogP contribution in [-0.2, 0) is 32.0 Å². The first kappa shape index (κ1) is 61.4. The van der Waals surface area contributed by atoms with Gasteiger partial charge in [-0.05, 0) is 183 Å². The van der Waals surface area contributed by atoms with Crippen LogP contribution in [0.25, 0.3) is 10.8 Å². The number of aliphatic hydroxyl groups is 2. The fraction of sp³-hybridized carbons (Fsp3) is 0.434.